The maximum atomic E-state index is 12.6. The number of hydrogen-bond donors (Lipinski definition) is 1. The Bertz CT molecular complexity index is 533. The topological polar surface area (TPSA) is 60.9 Å². The maximum Gasteiger partial charge on any atom is 0.327 e. The van der Waals surface area contributed by atoms with Crippen molar-refractivity contribution in [1.82, 2.24) is 4.90 Å². The van der Waals surface area contributed by atoms with E-state index >= 15 is 0 Å². The van der Waals surface area contributed by atoms with Gasteiger partial charge in [-0.05, 0) is 25.1 Å². The van der Waals surface area contributed by atoms with Crippen LogP contribution in [0, 0.1) is 0 Å². The molecule has 2 unspecified atom stereocenters. The fraction of sp³-hybridized carbons (Fsp3) is 0.429. The highest BCUT2D eigenvalue weighted by atomic mass is 32.2. The van der Waals surface area contributed by atoms with Crippen molar-refractivity contribution >= 4 is 29.3 Å². The van der Waals surface area contributed by atoms with Gasteiger partial charge in [0.1, 0.15) is 6.04 Å². The van der Waals surface area contributed by atoms with Crippen LogP contribution in [-0.4, -0.2) is 53.1 Å². The second-order valence-electron chi connectivity index (χ2n) is 4.94. The molecular formula is C14H18N2O3S. The molecule has 0 bridgehead atoms. The molecule has 0 aromatic heterocycles. The molecule has 1 aliphatic heterocycles. The van der Waals surface area contributed by atoms with Gasteiger partial charge < -0.3 is 14.9 Å². The van der Waals surface area contributed by atoms with Crippen molar-refractivity contribution in [2.24, 2.45) is 0 Å². The van der Waals surface area contributed by atoms with Gasteiger partial charge in [-0.1, -0.05) is 6.07 Å². The zero-order valence-electron chi connectivity index (χ0n) is 11.7. The van der Waals surface area contributed by atoms with Crippen molar-refractivity contribution in [3.05, 3.63) is 29.8 Å². The molecule has 1 N–H and O–H groups in total. The van der Waals surface area contributed by atoms with Crippen molar-refractivity contribution in [2.45, 2.75) is 18.3 Å². The molecule has 1 aromatic carbocycles. The summed E-state index contributed by atoms with van der Waals surface area (Å²) in [4.78, 5) is 27.2. The Labute approximate surface area is 122 Å². The summed E-state index contributed by atoms with van der Waals surface area (Å²) in [6.07, 6.45) is 0. The van der Waals surface area contributed by atoms with Crippen LogP contribution in [0.4, 0.5) is 5.69 Å². The molecule has 1 aromatic rings. The van der Waals surface area contributed by atoms with Crippen molar-refractivity contribution in [3.63, 3.8) is 0 Å². The lowest BCUT2D eigenvalue weighted by Gasteiger charge is -2.25. The van der Waals surface area contributed by atoms with Crippen LogP contribution < -0.4 is 4.90 Å². The molecule has 0 saturated carbocycles. The number of hydrogen-bond acceptors (Lipinski definition) is 4. The predicted octanol–water partition coefficient (Wildman–Crippen LogP) is 1.74. The zero-order valence-corrected chi connectivity index (χ0v) is 12.6. The molecule has 5 nitrogen and oxygen atoms in total. The summed E-state index contributed by atoms with van der Waals surface area (Å²) in [7, 11) is 3.80. The van der Waals surface area contributed by atoms with E-state index in [-0.39, 0.29) is 11.3 Å². The first-order valence-electron chi connectivity index (χ1n) is 6.36. The molecule has 108 valence electrons. The molecule has 1 aliphatic rings. The monoisotopic (exact) mass is 294 g/mol. The van der Waals surface area contributed by atoms with E-state index in [1.165, 1.54) is 16.7 Å². The fourth-order valence-corrected chi connectivity index (χ4v) is 3.37. The second kappa shape index (κ2) is 5.75. The van der Waals surface area contributed by atoms with Crippen LogP contribution in [0.2, 0.25) is 0 Å². The van der Waals surface area contributed by atoms with E-state index in [0.29, 0.717) is 11.3 Å². The number of carboxylic acids is 1. The third-order valence-corrected chi connectivity index (χ3v) is 4.57. The number of carbonyl (C=O) groups excluding carboxylic acids is 1. The third kappa shape index (κ3) is 2.75. The molecule has 0 radical (unpaired) electrons. The van der Waals surface area contributed by atoms with Gasteiger partial charge in [-0.3, -0.25) is 4.79 Å². The zero-order chi connectivity index (χ0) is 14.9. The molecule has 0 aliphatic carbocycles. The van der Waals surface area contributed by atoms with E-state index < -0.39 is 12.0 Å². The smallest absolute Gasteiger partial charge is 0.327 e. The Morgan fingerprint density at radius 2 is 2.10 bits per heavy atom. The van der Waals surface area contributed by atoms with Gasteiger partial charge in [0.15, 0.2) is 0 Å². The molecule has 6 heteroatoms. The molecule has 0 spiro atoms. The highest BCUT2D eigenvalue weighted by molar-refractivity contribution is 8.00. The number of nitrogens with zero attached hydrogens (tertiary/aromatic N) is 2. The summed E-state index contributed by atoms with van der Waals surface area (Å²) in [5.74, 6) is -0.729. The van der Waals surface area contributed by atoms with Crippen LogP contribution in [0.5, 0.6) is 0 Å². The fourth-order valence-electron chi connectivity index (χ4n) is 2.21. The Balaban J connectivity index is 2.30. The van der Waals surface area contributed by atoms with Crippen molar-refractivity contribution in [1.29, 1.82) is 0 Å². The number of aliphatic carboxylic acids is 1. The number of amides is 1. The summed E-state index contributed by atoms with van der Waals surface area (Å²) in [6, 6.07) is 6.49. The first-order chi connectivity index (χ1) is 9.41. The summed E-state index contributed by atoms with van der Waals surface area (Å²) in [5.41, 5.74) is 1.44. The van der Waals surface area contributed by atoms with Gasteiger partial charge in [-0.15, -0.1) is 11.8 Å². The minimum Gasteiger partial charge on any atom is -0.480 e. The highest BCUT2D eigenvalue weighted by Crippen LogP contribution is 2.30. The van der Waals surface area contributed by atoms with Crippen LogP contribution in [0.3, 0.4) is 0 Å². The lowest BCUT2D eigenvalue weighted by atomic mass is 10.1. The number of anilines is 1. The van der Waals surface area contributed by atoms with Gasteiger partial charge >= 0.3 is 5.97 Å². The van der Waals surface area contributed by atoms with E-state index in [2.05, 4.69) is 0 Å². The molecule has 1 amide bonds. The summed E-state index contributed by atoms with van der Waals surface area (Å²) >= 11 is 1.49. The lowest BCUT2D eigenvalue weighted by Crippen LogP contribution is -2.44. The SMILES string of the molecule is CC1SCC(C(=O)O)N1C(=O)c1cccc(N(C)C)c1. The van der Waals surface area contributed by atoms with Crippen molar-refractivity contribution in [3.8, 4) is 0 Å². The summed E-state index contributed by atoms with van der Waals surface area (Å²) in [5, 5.41) is 9.11. The molecule has 1 heterocycles. The largest absolute Gasteiger partial charge is 0.480 e. The van der Waals surface area contributed by atoms with Gasteiger partial charge in [0.2, 0.25) is 0 Å². The predicted molar refractivity (Wildman–Crippen MR) is 80.3 cm³/mol. The maximum absolute atomic E-state index is 12.6. The van der Waals surface area contributed by atoms with Crippen molar-refractivity contribution < 1.29 is 14.7 Å². The number of rotatable bonds is 3. The molecular weight excluding hydrogens is 276 g/mol. The molecule has 2 rings (SSSR count). The summed E-state index contributed by atoms with van der Waals surface area (Å²) < 4.78 is 0. The molecule has 20 heavy (non-hydrogen) atoms. The Kier molecular flexibility index (Phi) is 4.23. The second-order valence-corrected chi connectivity index (χ2v) is 6.29. The van der Waals surface area contributed by atoms with E-state index in [4.69, 9.17) is 0 Å². The first kappa shape index (κ1) is 14.7. The van der Waals surface area contributed by atoms with Crippen LogP contribution in [0.15, 0.2) is 24.3 Å². The van der Waals surface area contributed by atoms with Gasteiger partial charge in [0, 0.05) is 31.1 Å². The van der Waals surface area contributed by atoms with E-state index in [9.17, 15) is 14.7 Å². The minimum atomic E-state index is -0.945. The number of carboxylic acid groups (broad SMARTS) is 1. The van der Waals surface area contributed by atoms with Crippen molar-refractivity contribution in [2.75, 3.05) is 24.7 Å². The van der Waals surface area contributed by atoms with Crippen LogP contribution >= 0.6 is 11.8 Å². The van der Waals surface area contributed by atoms with Gasteiger partial charge in [-0.25, -0.2) is 4.79 Å². The minimum absolute atomic E-state index is 0.119. The van der Waals surface area contributed by atoms with E-state index in [1.807, 2.05) is 38.1 Å². The third-order valence-electron chi connectivity index (χ3n) is 3.35. The number of carbonyl (C=O) groups is 2. The van der Waals surface area contributed by atoms with E-state index in [1.54, 1.807) is 12.1 Å². The van der Waals surface area contributed by atoms with Gasteiger partial charge in [0.05, 0.1) is 5.37 Å². The van der Waals surface area contributed by atoms with Gasteiger partial charge in [-0.2, -0.15) is 0 Å². The Morgan fingerprint density at radius 3 is 2.70 bits per heavy atom. The van der Waals surface area contributed by atoms with Crippen LogP contribution in [0.25, 0.3) is 0 Å². The molecule has 1 saturated heterocycles. The number of thioether (sulfide) groups is 1. The van der Waals surface area contributed by atoms with Gasteiger partial charge in [0.25, 0.3) is 5.91 Å². The van der Waals surface area contributed by atoms with Crippen LogP contribution in [-0.2, 0) is 4.79 Å². The Hall–Kier alpha value is -1.69. The quantitative estimate of drug-likeness (QED) is 0.920. The number of benzene rings is 1. The average molecular weight is 294 g/mol. The molecule has 2 atom stereocenters. The Morgan fingerprint density at radius 1 is 1.40 bits per heavy atom. The normalized spacial score (nSPS) is 21.9. The van der Waals surface area contributed by atoms with Crippen LogP contribution in [0.1, 0.15) is 17.3 Å². The summed E-state index contributed by atoms with van der Waals surface area (Å²) in [6.45, 7) is 1.86. The standard InChI is InChI=1S/C14H18N2O3S/c1-9-16(12(8-20-9)14(18)19)13(17)10-5-4-6-11(7-10)15(2)3/h4-7,9,12H,8H2,1-3H3,(H,18,19). The van der Waals surface area contributed by atoms with E-state index in [0.717, 1.165) is 5.69 Å². The lowest BCUT2D eigenvalue weighted by molar-refractivity contribution is -0.141. The average Bonchev–Trinajstić information content (AvgIpc) is 2.80. The first-order valence-corrected chi connectivity index (χ1v) is 7.41. The highest BCUT2D eigenvalue weighted by Gasteiger charge is 2.39. The molecule has 1 fully saturated rings.